The Kier molecular flexibility index (Phi) is 5.00. The quantitative estimate of drug-likeness (QED) is 0.878. The van der Waals surface area contributed by atoms with E-state index in [1.807, 2.05) is 25.4 Å². The van der Waals surface area contributed by atoms with Crippen LogP contribution in [-0.4, -0.2) is 16.8 Å². The molecule has 102 valence electrons. The van der Waals surface area contributed by atoms with Crippen LogP contribution in [0.25, 0.3) is 0 Å². The van der Waals surface area contributed by atoms with Crippen molar-refractivity contribution in [1.82, 2.24) is 15.1 Å². The van der Waals surface area contributed by atoms with Crippen LogP contribution in [0.4, 0.5) is 0 Å². The predicted octanol–water partition coefficient (Wildman–Crippen LogP) is 3.26. The molecule has 0 saturated carbocycles. The van der Waals surface area contributed by atoms with Crippen LogP contribution in [0.3, 0.4) is 0 Å². The van der Waals surface area contributed by atoms with Gasteiger partial charge in [-0.05, 0) is 31.2 Å². The molecule has 0 fully saturated rings. The number of hydrogen-bond acceptors (Lipinski definition) is 2. The van der Waals surface area contributed by atoms with Crippen molar-refractivity contribution < 1.29 is 0 Å². The Labute approximate surface area is 119 Å². The van der Waals surface area contributed by atoms with E-state index < -0.39 is 0 Å². The van der Waals surface area contributed by atoms with Gasteiger partial charge in [0.05, 0.1) is 12.7 Å². The van der Waals surface area contributed by atoms with Gasteiger partial charge in [0, 0.05) is 22.8 Å². The highest BCUT2D eigenvalue weighted by Gasteiger charge is 2.09. The molecule has 2 aromatic rings. The Hall–Kier alpha value is -1.32. The predicted molar refractivity (Wildman–Crippen MR) is 79.5 cm³/mol. The molecule has 0 aliphatic heterocycles. The Morgan fingerprint density at radius 1 is 1.26 bits per heavy atom. The van der Waals surface area contributed by atoms with Crippen molar-refractivity contribution >= 4 is 11.6 Å². The van der Waals surface area contributed by atoms with E-state index in [4.69, 9.17) is 11.6 Å². The average Bonchev–Trinajstić information content (AvgIpc) is 2.77. The first-order valence-electron chi connectivity index (χ1n) is 6.67. The van der Waals surface area contributed by atoms with Gasteiger partial charge in [-0.25, -0.2) is 0 Å². The summed E-state index contributed by atoms with van der Waals surface area (Å²) in [4.78, 5) is 0. The fourth-order valence-corrected chi connectivity index (χ4v) is 2.34. The highest BCUT2D eigenvalue weighted by atomic mass is 35.5. The molecule has 0 aliphatic rings. The molecule has 1 N–H and O–H groups in total. The molecule has 19 heavy (non-hydrogen) atoms. The van der Waals surface area contributed by atoms with E-state index in [9.17, 15) is 0 Å². The normalized spacial score (nSPS) is 10.9. The van der Waals surface area contributed by atoms with Crippen LogP contribution in [0.2, 0.25) is 5.02 Å². The fraction of sp³-hybridized carbons (Fsp3) is 0.400. The van der Waals surface area contributed by atoms with Crippen molar-refractivity contribution in [2.24, 2.45) is 0 Å². The summed E-state index contributed by atoms with van der Waals surface area (Å²) in [6.45, 7) is 3.87. The first-order valence-corrected chi connectivity index (χ1v) is 7.05. The Balaban J connectivity index is 2.21. The molecule has 0 bridgehead atoms. The number of rotatable bonds is 6. The summed E-state index contributed by atoms with van der Waals surface area (Å²) >= 11 is 5.91. The van der Waals surface area contributed by atoms with Crippen molar-refractivity contribution in [3.05, 3.63) is 52.3 Å². The molecule has 0 saturated heterocycles. The number of benzene rings is 1. The van der Waals surface area contributed by atoms with Crippen molar-refractivity contribution in [2.75, 3.05) is 7.05 Å². The average molecular weight is 278 g/mol. The van der Waals surface area contributed by atoms with E-state index in [1.165, 1.54) is 16.8 Å². The summed E-state index contributed by atoms with van der Waals surface area (Å²) in [6, 6.07) is 7.96. The summed E-state index contributed by atoms with van der Waals surface area (Å²) < 4.78 is 2.10. The molecule has 0 radical (unpaired) electrons. The lowest BCUT2D eigenvalue weighted by Gasteiger charge is -2.09. The fourth-order valence-electron chi connectivity index (χ4n) is 2.21. The maximum atomic E-state index is 5.91. The molecule has 0 aliphatic carbocycles. The third kappa shape index (κ3) is 3.58. The minimum absolute atomic E-state index is 0.772. The SMILES string of the molecule is CCCc1c(CNC)cnn1Cc1ccc(Cl)cc1. The van der Waals surface area contributed by atoms with Crippen LogP contribution in [-0.2, 0) is 19.5 Å². The topological polar surface area (TPSA) is 29.9 Å². The van der Waals surface area contributed by atoms with Gasteiger partial charge in [-0.15, -0.1) is 0 Å². The number of aromatic nitrogens is 2. The first-order chi connectivity index (χ1) is 9.24. The third-order valence-corrected chi connectivity index (χ3v) is 3.39. The van der Waals surface area contributed by atoms with Crippen LogP contribution in [0.1, 0.15) is 30.2 Å². The largest absolute Gasteiger partial charge is 0.316 e. The summed E-state index contributed by atoms with van der Waals surface area (Å²) in [5.41, 5.74) is 3.84. The van der Waals surface area contributed by atoms with Crippen LogP contribution in [0.15, 0.2) is 30.5 Å². The molecule has 0 amide bonds. The Bertz CT molecular complexity index is 517. The number of hydrogen-bond donors (Lipinski definition) is 1. The smallest absolute Gasteiger partial charge is 0.0662 e. The lowest BCUT2D eigenvalue weighted by atomic mass is 10.1. The van der Waals surface area contributed by atoms with Crippen molar-refractivity contribution in [1.29, 1.82) is 0 Å². The Morgan fingerprint density at radius 2 is 2.00 bits per heavy atom. The molecular formula is C15H20ClN3. The molecule has 1 aromatic carbocycles. The zero-order chi connectivity index (χ0) is 13.7. The second-order valence-electron chi connectivity index (χ2n) is 4.68. The summed E-state index contributed by atoms with van der Waals surface area (Å²) in [5, 5.41) is 8.48. The minimum Gasteiger partial charge on any atom is -0.316 e. The second-order valence-corrected chi connectivity index (χ2v) is 5.12. The van der Waals surface area contributed by atoms with Gasteiger partial charge in [0.2, 0.25) is 0 Å². The van der Waals surface area contributed by atoms with E-state index in [1.54, 1.807) is 0 Å². The van der Waals surface area contributed by atoms with Gasteiger partial charge in [-0.2, -0.15) is 5.10 Å². The second kappa shape index (κ2) is 6.73. The van der Waals surface area contributed by atoms with Crippen LogP contribution in [0, 0.1) is 0 Å². The number of nitrogens with one attached hydrogen (secondary N) is 1. The monoisotopic (exact) mass is 277 g/mol. The molecule has 0 atom stereocenters. The highest BCUT2D eigenvalue weighted by Crippen LogP contribution is 2.15. The molecule has 4 heteroatoms. The molecular weight excluding hydrogens is 258 g/mol. The van der Waals surface area contributed by atoms with Gasteiger partial charge in [-0.1, -0.05) is 37.1 Å². The molecule has 2 rings (SSSR count). The number of nitrogens with zero attached hydrogens (tertiary/aromatic N) is 2. The van der Waals surface area contributed by atoms with E-state index in [2.05, 4.69) is 34.2 Å². The van der Waals surface area contributed by atoms with Gasteiger partial charge < -0.3 is 5.32 Å². The zero-order valence-corrected chi connectivity index (χ0v) is 12.2. The van der Waals surface area contributed by atoms with Crippen molar-refractivity contribution in [2.45, 2.75) is 32.9 Å². The van der Waals surface area contributed by atoms with Gasteiger partial charge in [0.1, 0.15) is 0 Å². The zero-order valence-electron chi connectivity index (χ0n) is 11.5. The lowest BCUT2D eigenvalue weighted by Crippen LogP contribution is -2.10. The maximum absolute atomic E-state index is 5.91. The summed E-state index contributed by atoms with van der Waals surface area (Å²) in [7, 11) is 1.96. The molecule has 3 nitrogen and oxygen atoms in total. The molecule has 0 spiro atoms. The van der Waals surface area contributed by atoms with Crippen LogP contribution < -0.4 is 5.32 Å². The number of halogens is 1. The third-order valence-electron chi connectivity index (χ3n) is 3.13. The van der Waals surface area contributed by atoms with E-state index in [0.717, 1.165) is 31.0 Å². The van der Waals surface area contributed by atoms with Crippen molar-refractivity contribution in [3.8, 4) is 0 Å². The minimum atomic E-state index is 0.772. The molecule has 1 heterocycles. The lowest BCUT2D eigenvalue weighted by molar-refractivity contribution is 0.632. The maximum Gasteiger partial charge on any atom is 0.0662 e. The van der Waals surface area contributed by atoms with Gasteiger partial charge in [0.25, 0.3) is 0 Å². The van der Waals surface area contributed by atoms with Gasteiger partial charge in [-0.3, -0.25) is 4.68 Å². The van der Waals surface area contributed by atoms with E-state index >= 15 is 0 Å². The van der Waals surface area contributed by atoms with Gasteiger partial charge >= 0.3 is 0 Å². The summed E-state index contributed by atoms with van der Waals surface area (Å²) in [6.07, 6.45) is 4.16. The first kappa shape index (κ1) is 14.1. The summed E-state index contributed by atoms with van der Waals surface area (Å²) in [5.74, 6) is 0. The molecule has 1 aromatic heterocycles. The van der Waals surface area contributed by atoms with Gasteiger partial charge in [0.15, 0.2) is 0 Å². The van der Waals surface area contributed by atoms with E-state index in [0.29, 0.717) is 0 Å². The molecule has 0 unspecified atom stereocenters. The van der Waals surface area contributed by atoms with Crippen molar-refractivity contribution in [3.63, 3.8) is 0 Å². The standard InChI is InChI=1S/C15H20ClN3/c1-3-4-15-13(9-17-2)10-18-19(15)11-12-5-7-14(16)8-6-12/h5-8,10,17H,3-4,9,11H2,1-2H3. The van der Waals surface area contributed by atoms with Crippen LogP contribution >= 0.6 is 11.6 Å². The van der Waals surface area contributed by atoms with Crippen LogP contribution in [0.5, 0.6) is 0 Å². The highest BCUT2D eigenvalue weighted by molar-refractivity contribution is 6.30. The Morgan fingerprint density at radius 3 is 2.63 bits per heavy atom. The van der Waals surface area contributed by atoms with E-state index in [-0.39, 0.29) is 0 Å².